The summed E-state index contributed by atoms with van der Waals surface area (Å²) in [6, 6.07) is 13.1. The van der Waals surface area contributed by atoms with Gasteiger partial charge < -0.3 is 10.6 Å². The fourth-order valence-electron chi connectivity index (χ4n) is 3.99. The number of aliphatic imine (C=N–C) groups is 1. The summed E-state index contributed by atoms with van der Waals surface area (Å²) >= 11 is 0. The molecule has 1 aliphatic rings. The predicted molar refractivity (Wildman–Crippen MR) is 121 cm³/mol. The van der Waals surface area contributed by atoms with Crippen LogP contribution in [0.3, 0.4) is 0 Å². The Morgan fingerprint density at radius 2 is 1.94 bits per heavy atom. The fourth-order valence-corrected chi connectivity index (χ4v) is 3.99. The number of hydrogen-bond acceptors (Lipinski definition) is 4. The molecule has 0 bridgehead atoms. The van der Waals surface area contributed by atoms with Gasteiger partial charge in [0.1, 0.15) is 11.6 Å². The van der Waals surface area contributed by atoms with Crippen LogP contribution in [0.4, 0.5) is 4.39 Å². The van der Waals surface area contributed by atoms with E-state index in [-0.39, 0.29) is 5.82 Å². The molecule has 3 heterocycles. The van der Waals surface area contributed by atoms with E-state index in [9.17, 15) is 4.39 Å². The number of likely N-dealkylation sites (tertiary alicyclic amines) is 1. The highest BCUT2D eigenvalue weighted by atomic mass is 19.1. The van der Waals surface area contributed by atoms with E-state index in [1.165, 1.54) is 12.1 Å². The van der Waals surface area contributed by atoms with Crippen molar-refractivity contribution in [3.8, 4) is 0 Å². The lowest BCUT2D eigenvalue weighted by molar-refractivity contribution is 0.198. The topological polar surface area (TPSA) is 69.8 Å². The van der Waals surface area contributed by atoms with Gasteiger partial charge in [-0.3, -0.25) is 14.3 Å². The number of nitrogens with zero attached hydrogens (tertiary/aromatic N) is 5. The third-order valence-corrected chi connectivity index (χ3v) is 5.73. The van der Waals surface area contributed by atoms with Gasteiger partial charge in [-0.2, -0.15) is 0 Å². The van der Waals surface area contributed by atoms with Crippen molar-refractivity contribution in [3.05, 3.63) is 65.9 Å². The standard InChI is InChI=1S/C23H30FN7/c1-25-23(26-13-4-6-22-29-28-21-5-2-3-14-31(21)22)27-20-11-15-30(16-12-20)17-18-7-9-19(24)10-8-18/h2-3,5,7-10,14,20H,4,6,11-13,15-17H2,1H3,(H2,25,26,27). The Morgan fingerprint density at radius 3 is 2.71 bits per heavy atom. The number of rotatable bonds is 7. The summed E-state index contributed by atoms with van der Waals surface area (Å²) in [7, 11) is 1.81. The summed E-state index contributed by atoms with van der Waals surface area (Å²) in [6.07, 6.45) is 5.94. The van der Waals surface area contributed by atoms with Crippen LogP contribution >= 0.6 is 0 Å². The zero-order valence-electron chi connectivity index (χ0n) is 18.0. The quantitative estimate of drug-likeness (QED) is 0.347. The van der Waals surface area contributed by atoms with Crippen LogP contribution in [0.5, 0.6) is 0 Å². The number of nitrogens with one attached hydrogen (secondary N) is 2. The summed E-state index contributed by atoms with van der Waals surface area (Å²) < 4.78 is 15.1. The molecule has 164 valence electrons. The largest absolute Gasteiger partial charge is 0.356 e. The lowest BCUT2D eigenvalue weighted by Gasteiger charge is -2.33. The molecule has 3 aromatic rings. The number of pyridine rings is 1. The van der Waals surface area contributed by atoms with E-state index in [0.29, 0.717) is 6.04 Å². The normalized spacial score (nSPS) is 16.0. The minimum atomic E-state index is -0.180. The molecule has 0 aliphatic carbocycles. The van der Waals surface area contributed by atoms with E-state index in [2.05, 4.69) is 30.7 Å². The van der Waals surface area contributed by atoms with Crippen LogP contribution in [0, 0.1) is 5.82 Å². The fraction of sp³-hybridized carbons (Fsp3) is 0.435. The minimum absolute atomic E-state index is 0.180. The molecule has 1 aromatic carbocycles. The zero-order valence-corrected chi connectivity index (χ0v) is 18.0. The summed E-state index contributed by atoms with van der Waals surface area (Å²) in [5.74, 6) is 1.65. The zero-order chi connectivity index (χ0) is 21.5. The highest BCUT2D eigenvalue weighted by Crippen LogP contribution is 2.14. The van der Waals surface area contributed by atoms with Crippen LogP contribution in [0.25, 0.3) is 5.65 Å². The average Bonchev–Trinajstić information content (AvgIpc) is 3.22. The number of benzene rings is 1. The molecule has 31 heavy (non-hydrogen) atoms. The maximum Gasteiger partial charge on any atom is 0.191 e. The minimum Gasteiger partial charge on any atom is -0.356 e. The van der Waals surface area contributed by atoms with Gasteiger partial charge in [-0.05, 0) is 49.1 Å². The van der Waals surface area contributed by atoms with Crippen LogP contribution in [0.15, 0.2) is 53.7 Å². The van der Waals surface area contributed by atoms with E-state index in [1.54, 1.807) is 0 Å². The van der Waals surface area contributed by atoms with Gasteiger partial charge in [-0.25, -0.2) is 4.39 Å². The van der Waals surface area contributed by atoms with Crippen molar-refractivity contribution < 1.29 is 4.39 Å². The second-order valence-corrected chi connectivity index (χ2v) is 7.97. The lowest BCUT2D eigenvalue weighted by Crippen LogP contribution is -2.48. The third kappa shape index (κ3) is 5.79. The summed E-state index contributed by atoms with van der Waals surface area (Å²) in [4.78, 5) is 6.79. The molecule has 0 amide bonds. The molecule has 0 unspecified atom stereocenters. The van der Waals surface area contributed by atoms with Crippen molar-refractivity contribution >= 4 is 11.6 Å². The molecule has 0 radical (unpaired) electrons. The number of aryl methyl sites for hydroxylation is 1. The first-order chi connectivity index (χ1) is 15.2. The van der Waals surface area contributed by atoms with E-state index < -0.39 is 0 Å². The smallest absolute Gasteiger partial charge is 0.191 e. The second kappa shape index (κ2) is 10.3. The van der Waals surface area contributed by atoms with Gasteiger partial charge in [0.15, 0.2) is 11.6 Å². The average molecular weight is 424 g/mol. The molecule has 8 heteroatoms. The molecule has 0 atom stereocenters. The summed E-state index contributed by atoms with van der Waals surface area (Å²) in [6.45, 7) is 3.74. The van der Waals surface area contributed by atoms with Crippen LogP contribution in [0.2, 0.25) is 0 Å². The Hall–Kier alpha value is -3.00. The number of aromatic nitrogens is 3. The molecule has 4 rings (SSSR count). The summed E-state index contributed by atoms with van der Waals surface area (Å²) in [5, 5.41) is 15.4. The van der Waals surface area contributed by atoms with E-state index in [4.69, 9.17) is 0 Å². The van der Waals surface area contributed by atoms with Gasteiger partial charge in [0.2, 0.25) is 0 Å². The van der Waals surface area contributed by atoms with Gasteiger partial charge in [-0.15, -0.1) is 10.2 Å². The Labute approximate surface area is 182 Å². The number of piperidine rings is 1. The van der Waals surface area contributed by atoms with Crippen LogP contribution in [-0.2, 0) is 13.0 Å². The molecule has 0 spiro atoms. The van der Waals surface area contributed by atoms with Gasteiger partial charge in [0, 0.05) is 51.9 Å². The van der Waals surface area contributed by atoms with Crippen molar-refractivity contribution in [1.29, 1.82) is 0 Å². The Kier molecular flexibility index (Phi) is 7.09. The molecule has 7 nitrogen and oxygen atoms in total. The monoisotopic (exact) mass is 423 g/mol. The lowest BCUT2D eigenvalue weighted by atomic mass is 10.0. The first kappa shape index (κ1) is 21.2. The van der Waals surface area contributed by atoms with E-state index >= 15 is 0 Å². The Bertz CT molecular complexity index is 991. The predicted octanol–water partition coefficient (Wildman–Crippen LogP) is 2.63. The first-order valence-corrected chi connectivity index (χ1v) is 10.9. The van der Waals surface area contributed by atoms with Crippen molar-refractivity contribution in [2.75, 3.05) is 26.7 Å². The van der Waals surface area contributed by atoms with Crippen molar-refractivity contribution in [1.82, 2.24) is 30.1 Å². The Morgan fingerprint density at radius 1 is 1.13 bits per heavy atom. The maximum absolute atomic E-state index is 13.1. The highest BCUT2D eigenvalue weighted by Gasteiger charge is 2.20. The van der Waals surface area contributed by atoms with E-state index in [1.807, 2.05) is 48.0 Å². The van der Waals surface area contributed by atoms with Crippen molar-refractivity contribution in [2.45, 2.75) is 38.3 Å². The Balaban J connectivity index is 1.16. The molecular weight excluding hydrogens is 393 g/mol. The molecule has 0 saturated carbocycles. The van der Waals surface area contributed by atoms with Gasteiger partial charge in [0.05, 0.1) is 0 Å². The van der Waals surface area contributed by atoms with Gasteiger partial charge >= 0.3 is 0 Å². The molecule has 1 saturated heterocycles. The van der Waals surface area contributed by atoms with Crippen LogP contribution in [0.1, 0.15) is 30.7 Å². The number of hydrogen-bond donors (Lipinski definition) is 2. The van der Waals surface area contributed by atoms with Crippen LogP contribution < -0.4 is 10.6 Å². The SMILES string of the molecule is CN=C(NCCCc1nnc2ccccn12)NC1CCN(Cc2ccc(F)cc2)CC1. The first-order valence-electron chi connectivity index (χ1n) is 10.9. The van der Waals surface area contributed by atoms with E-state index in [0.717, 1.165) is 74.9 Å². The number of halogens is 1. The molecule has 2 N–H and O–H groups in total. The third-order valence-electron chi connectivity index (χ3n) is 5.73. The number of fused-ring (bicyclic) bond motifs is 1. The highest BCUT2D eigenvalue weighted by molar-refractivity contribution is 5.79. The van der Waals surface area contributed by atoms with Crippen LogP contribution in [-0.4, -0.2) is 58.2 Å². The summed E-state index contributed by atoms with van der Waals surface area (Å²) in [5.41, 5.74) is 2.04. The van der Waals surface area contributed by atoms with Crippen molar-refractivity contribution in [2.24, 2.45) is 4.99 Å². The second-order valence-electron chi connectivity index (χ2n) is 7.97. The maximum atomic E-state index is 13.1. The number of guanidine groups is 1. The van der Waals surface area contributed by atoms with Crippen molar-refractivity contribution in [3.63, 3.8) is 0 Å². The molecule has 1 aliphatic heterocycles. The molecular formula is C23H30FN7. The molecule has 1 fully saturated rings. The molecule has 2 aromatic heterocycles. The van der Waals surface area contributed by atoms with Gasteiger partial charge in [-0.1, -0.05) is 18.2 Å². The van der Waals surface area contributed by atoms with Gasteiger partial charge in [0.25, 0.3) is 0 Å².